The van der Waals surface area contributed by atoms with Crippen LogP contribution < -0.4 is 10.6 Å². The molecule has 0 atom stereocenters. The summed E-state index contributed by atoms with van der Waals surface area (Å²) in [6.07, 6.45) is 13.7. The van der Waals surface area contributed by atoms with Gasteiger partial charge >= 0.3 is 0 Å². The van der Waals surface area contributed by atoms with E-state index in [0.29, 0.717) is 12.6 Å². The van der Waals surface area contributed by atoms with Crippen molar-refractivity contribution in [1.29, 1.82) is 0 Å². The van der Waals surface area contributed by atoms with Gasteiger partial charge in [-0.3, -0.25) is 9.56 Å². The predicted molar refractivity (Wildman–Crippen MR) is 102 cm³/mol. The molecule has 0 unspecified atom stereocenters. The van der Waals surface area contributed by atoms with Crippen molar-refractivity contribution in [2.75, 3.05) is 7.05 Å². The highest BCUT2D eigenvalue weighted by Gasteiger charge is 2.11. The molecule has 3 rings (SSSR count). The topological polar surface area (TPSA) is 67.1 Å². The van der Waals surface area contributed by atoms with Crippen LogP contribution in [0, 0.1) is 0 Å². The number of halogens is 1. The summed E-state index contributed by atoms with van der Waals surface area (Å²) in [5.41, 5.74) is 1.14. The van der Waals surface area contributed by atoms with Crippen LogP contribution in [0.3, 0.4) is 0 Å². The Kier molecular flexibility index (Phi) is 6.57. The first-order valence-corrected chi connectivity index (χ1v) is 7.40. The molecule has 2 N–H and O–H groups in total. The minimum Gasteiger partial charge on any atom is -0.353 e. The van der Waals surface area contributed by atoms with Crippen LogP contribution in [0.4, 0.5) is 0 Å². The fourth-order valence-electron chi connectivity index (χ4n) is 2.42. The molecule has 6 nitrogen and oxygen atoms in total. The smallest absolute Gasteiger partial charge is 0.191 e. The number of nitrogens with one attached hydrogen (secondary N) is 2. The Labute approximate surface area is 153 Å². The number of rotatable bonds is 4. The SMILES string of the molecule is CN=C(NCc1ccnc(-n2ccnc2)c1)NC1CC=CC1.I. The van der Waals surface area contributed by atoms with Gasteiger partial charge in [-0.2, -0.15) is 0 Å². The molecule has 2 aromatic heterocycles. The highest BCUT2D eigenvalue weighted by molar-refractivity contribution is 14.0. The summed E-state index contributed by atoms with van der Waals surface area (Å²) in [4.78, 5) is 12.7. The third kappa shape index (κ3) is 4.78. The van der Waals surface area contributed by atoms with Gasteiger partial charge in [-0.05, 0) is 30.5 Å². The van der Waals surface area contributed by atoms with E-state index in [1.807, 2.05) is 29.1 Å². The van der Waals surface area contributed by atoms with E-state index in [4.69, 9.17) is 0 Å². The molecule has 0 aliphatic heterocycles. The first-order chi connectivity index (χ1) is 10.8. The van der Waals surface area contributed by atoms with Gasteiger partial charge in [0.05, 0.1) is 0 Å². The van der Waals surface area contributed by atoms with Crippen LogP contribution in [0.2, 0.25) is 0 Å². The molecule has 7 heteroatoms. The molecular weight excluding hydrogens is 403 g/mol. The van der Waals surface area contributed by atoms with E-state index in [2.05, 4.69) is 37.7 Å². The van der Waals surface area contributed by atoms with Crippen molar-refractivity contribution in [3.63, 3.8) is 0 Å². The van der Waals surface area contributed by atoms with E-state index in [1.165, 1.54) is 0 Å². The molecule has 23 heavy (non-hydrogen) atoms. The van der Waals surface area contributed by atoms with Crippen molar-refractivity contribution >= 4 is 29.9 Å². The molecule has 0 bridgehead atoms. The Morgan fingerprint density at radius 1 is 1.35 bits per heavy atom. The van der Waals surface area contributed by atoms with Gasteiger partial charge in [0.2, 0.25) is 0 Å². The Balaban J connectivity index is 0.00000192. The third-order valence-corrected chi connectivity index (χ3v) is 3.61. The molecule has 2 heterocycles. The molecule has 0 aromatic carbocycles. The summed E-state index contributed by atoms with van der Waals surface area (Å²) >= 11 is 0. The third-order valence-electron chi connectivity index (χ3n) is 3.61. The Morgan fingerprint density at radius 2 is 2.17 bits per heavy atom. The molecule has 0 saturated carbocycles. The molecule has 0 radical (unpaired) electrons. The summed E-state index contributed by atoms with van der Waals surface area (Å²) < 4.78 is 1.89. The Morgan fingerprint density at radius 3 is 2.87 bits per heavy atom. The van der Waals surface area contributed by atoms with Crippen molar-refractivity contribution in [2.24, 2.45) is 4.99 Å². The van der Waals surface area contributed by atoms with E-state index in [9.17, 15) is 0 Å². The number of hydrogen-bond donors (Lipinski definition) is 2. The van der Waals surface area contributed by atoms with Gasteiger partial charge in [-0.1, -0.05) is 12.2 Å². The van der Waals surface area contributed by atoms with E-state index >= 15 is 0 Å². The predicted octanol–water partition coefficient (Wildman–Crippen LogP) is 2.27. The zero-order valence-corrected chi connectivity index (χ0v) is 15.3. The number of nitrogens with zero attached hydrogens (tertiary/aromatic N) is 4. The maximum absolute atomic E-state index is 4.35. The minimum atomic E-state index is 0. The van der Waals surface area contributed by atoms with Gasteiger partial charge < -0.3 is 10.6 Å². The number of imidazole rings is 1. The van der Waals surface area contributed by atoms with Crippen LogP contribution in [0.1, 0.15) is 18.4 Å². The van der Waals surface area contributed by atoms with Gasteiger partial charge in [0.1, 0.15) is 12.1 Å². The van der Waals surface area contributed by atoms with Crippen LogP contribution in [-0.4, -0.2) is 33.6 Å². The van der Waals surface area contributed by atoms with Crippen molar-refractivity contribution in [3.8, 4) is 5.82 Å². The van der Waals surface area contributed by atoms with Gasteiger partial charge in [0.25, 0.3) is 0 Å². The Bertz CT molecular complexity index is 657. The number of guanidine groups is 1. The largest absolute Gasteiger partial charge is 0.353 e. The van der Waals surface area contributed by atoms with Crippen LogP contribution in [0.5, 0.6) is 0 Å². The number of hydrogen-bond acceptors (Lipinski definition) is 3. The van der Waals surface area contributed by atoms with E-state index in [-0.39, 0.29) is 24.0 Å². The molecule has 0 saturated heterocycles. The average Bonchev–Trinajstić information content (AvgIpc) is 3.25. The normalized spacial score (nSPS) is 14.6. The second-order valence-corrected chi connectivity index (χ2v) is 5.20. The van der Waals surface area contributed by atoms with Gasteiger partial charge in [0, 0.05) is 38.2 Å². The summed E-state index contributed by atoms with van der Waals surface area (Å²) in [6.45, 7) is 0.698. The van der Waals surface area contributed by atoms with Gasteiger partial charge in [-0.15, -0.1) is 24.0 Å². The number of pyridine rings is 1. The van der Waals surface area contributed by atoms with Gasteiger partial charge in [0.15, 0.2) is 5.96 Å². The van der Waals surface area contributed by atoms with Crippen LogP contribution >= 0.6 is 24.0 Å². The quantitative estimate of drug-likeness (QED) is 0.342. The zero-order valence-electron chi connectivity index (χ0n) is 13.0. The molecule has 0 amide bonds. The second kappa shape index (κ2) is 8.66. The molecule has 0 fully saturated rings. The lowest BCUT2D eigenvalue weighted by atomic mass is 10.2. The van der Waals surface area contributed by atoms with E-state index < -0.39 is 0 Å². The summed E-state index contributed by atoms with van der Waals surface area (Å²) in [7, 11) is 1.79. The maximum atomic E-state index is 4.35. The Hall–Kier alpha value is -1.90. The van der Waals surface area contributed by atoms with Crippen LogP contribution in [0.15, 0.2) is 54.2 Å². The lowest BCUT2D eigenvalue weighted by molar-refractivity contribution is 0.633. The molecule has 1 aliphatic rings. The number of aliphatic imine (C=N–C) groups is 1. The van der Waals surface area contributed by atoms with Crippen molar-refractivity contribution in [2.45, 2.75) is 25.4 Å². The highest BCUT2D eigenvalue weighted by atomic mass is 127. The summed E-state index contributed by atoms with van der Waals surface area (Å²) in [5, 5.41) is 6.77. The molecule has 2 aromatic rings. The fourth-order valence-corrected chi connectivity index (χ4v) is 2.42. The first-order valence-electron chi connectivity index (χ1n) is 7.40. The molecule has 0 spiro atoms. The zero-order chi connectivity index (χ0) is 15.2. The standard InChI is InChI=1S/C16H20N6.HI/c1-17-16(21-14-4-2-3-5-14)20-11-13-6-7-19-15(10-13)22-9-8-18-12-22;/h2-3,6-10,12,14H,4-5,11H2,1H3,(H2,17,20,21);1H. The number of aromatic nitrogens is 3. The maximum Gasteiger partial charge on any atom is 0.191 e. The van der Waals surface area contributed by atoms with E-state index in [0.717, 1.165) is 30.2 Å². The minimum absolute atomic E-state index is 0. The lowest BCUT2D eigenvalue weighted by Crippen LogP contribution is -2.42. The molecule has 1 aliphatic carbocycles. The van der Waals surface area contributed by atoms with Crippen molar-refractivity contribution < 1.29 is 0 Å². The molecular formula is C16H21IN6. The lowest BCUT2D eigenvalue weighted by Gasteiger charge is -2.17. The van der Waals surface area contributed by atoms with Crippen molar-refractivity contribution in [3.05, 3.63) is 54.8 Å². The molecule has 122 valence electrons. The fraction of sp³-hybridized carbons (Fsp3) is 0.312. The van der Waals surface area contributed by atoms with Crippen LogP contribution in [0.25, 0.3) is 5.82 Å². The summed E-state index contributed by atoms with van der Waals surface area (Å²) in [6, 6.07) is 4.49. The van der Waals surface area contributed by atoms with Crippen LogP contribution in [-0.2, 0) is 6.54 Å². The van der Waals surface area contributed by atoms with Gasteiger partial charge in [-0.25, -0.2) is 9.97 Å². The first kappa shape index (κ1) is 17.5. The monoisotopic (exact) mass is 424 g/mol. The summed E-state index contributed by atoms with van der Waals surface area (Å²) in [5.74, 6) is 1.69. The van der Waals surface area contributed by atoms with Crippen molar-refractivity contribution in [1.82, 2.24) is 25.2 Å². The highest BCUT2D eigenvalue weighted by Crippen LogP contribution is 2.09. The van der Waals surface area contributed by atoms with E-state index in [1.54, 1.807) is 19.6 Å². The second-order valence-electron chi connectivity index (χ2n) is 5.20. The average molecular weight is 424 g/mol.